The van der Waals surface area contributed by atoms with Crippen LogP contribution < -0.4 is 5.32 Å². The van der Waals surface area contributed by atoms with Crippen molar-refractivity contribution < 1.29 is 14.6 Å². The normalized spacial score (nSPS) is 16.6. The van der Waals surface area contributed by atoms with Gasteiger partial charge in [0, 0.05) is 19.2 Å². The van der Waals surface area contributed by atoms with Crippen molar-refractivity contribution in [1.29, 1.82) is 0 Å². The van der Waals surface area contributed by atoms with Gasteiger partial charge in [0.1, 0.15) is 5.69 Å². The van der Waals surface area contributed by atoms with E-state index in [1.54, 1.807) is 10.9 Å². The van der Waals surface area contributed by atoms with Crippen LogP contribution in [0.4, 0.5) is 0 Å². The molecule has 0 bridgehead atoms. The number of hydrogen-bond donors (Lipinski definition) is 2. The third-order valence-corrected chi connectivity index (χ3v) is 2.81. The maximum absolute atomic E-state index is 11.7. The summed E-state index contributed by atoms with van der Waals surface area (Å²) in [4.78, 5) is 11.7. The molecule has 18 heavy (non-hydrogen) atoms. The first-order valence-corrected chi connectivity index (χ1v) is 6.09. The lowest BCUT2D eigenvalue weighted by atomic mass is 10.2. The number of nitrogens with zero attached hydrogens (tertiary/aromatic N) is 3. The van der Waals surface area contributed by atoms with E-state index in [-0.39, 0.29) is 12.6 Å². The molecule has 1 fully saturated rings. The molecular weight excluding hydrogens is 236 g/mol. The lowest BCUT2D eigenvalue weighted by molar-refractivity contribution is -0.143. The predicted molar refractivity (Wildman–Crippen MR) is 62.6 cm³/mol. The van der Waals surface area contributed by atoms with Crippen LogP contribution in [0.5, 0.6) is 0 Å². The summed E-state index contributed by atoms with van der Waals surface area (Å²) < 4.78 is 6.39. The van der Waals surface area contributed by atoms with Crippen LogP contribution in [0, 0.1) is 0 Å². The summed E-state index contributed by atoms with van der Waals surface area (Å²) in [5.41, 5.74) is 0.562. The lowest BCUT2D eigenvalue weighted by Gasteiger charge is -2.12. The molecule has 2 rings (SSSR count). The number of carbonyl (C=O) groups is 1. The van der Waals surface area contributed by atoms with Crippen LogP contribution in [0.25, 0.3) is 0 Å². The molecule has 100 valence electrons. The Labute approximate surface area is 105 Å². The summed E-state index contributed by atoms with van der Waals surface area (Å²) >= 11 is 0. The van der Waals surface area contributed by atoms with Crippen molar-refractivity contribution in [3.05, 3.63) is 11.9 Å². The van der Waals surface area contributed by atoms with Crippen LogP contribution in [-0.2, 0) is 16.1 Å². The number of carbonyl (C=O) groups excluding carboxylic acids is 1. The zero-order chi connectivity index (χ0) is 13.0. The van der Waals surface area contributed by atoms with Crippen molar-refractivity contribution in [2.45, 2.75) is 37.9 Å². The average Bonchev–Trinajstić information content (AvgIpc) is 3.09. The third kappa shape index (κ3) is 3.27. The molecule has 1 aromatic rings. The molecule has 0 aliphatic heterocycles. The van der Waals surface area contributed by atoms with Gasteiger partial charge in [-0.25, -0.2) is 4.79 Å². The Morgan fingerprint density at radius 1 is 1.72 bits per heavy atom. The second kappa shape index (κ2) is 5.92. The zero-order valence-corrected chi connectivity index (χ0v) is 10.4. The maximum atomic E-state index is 11.7. The van der Waals surface area contributed by atoms with Crippen LogP contribution in [0.1, 0.15) is 31.0 Å². The van der Waals surface area contributed by atoms with Crippen molar-refractivity contribution in [2.24, 2.45) is 0 Å². The number of esters is 1. The molecule has 0 spiro atoms. The first kappa shape index (κ1) is 13.0. The van der Waals surface area contributed by atoms with Gasteiger partial charge in [-0.3, -0.25) is 10.00 Å². The maximum Gasteiger partial charge on any atom is 0.329 e. The monoisotopic (exact) mass is 254 g/mol. The van der Waals surface area contributed by atoms with Gasteiger partial charge in [-0.05, 0) is 19.3 Å². The Balaban J connectivity index is 2.03. The van der Waals surface area contributed by atoms with Gasteiger partial charge in [0.2, 0.25) is 0 Å². The zero-order valence-electron chi connectivity index (χ0n) is 10.4. The van der Waals surface area contributed by atoms with E-state index in [9.17, 15) is 4.79 Å². The highest BCUT2D eigenvalue weighted by molar-refractivity contribution is 5.76. The van der Waals surface area contributed by atoms with E-state index < -0.39 is 6.04 Å². The number of aliphatic hydroxyl groups is 1. The SMILES string of the molecule is COC(=O)C(NC1CC1)c1cn(CCCO)nn1. The molecule has 1 unspecified atom stereocenters. The molecule has 0 radical (unpaired) electrons. The fraction of sp³-hybridized carbons (Fsp3) is 0.727. The van der Waals surface area contributed by atoms with Crippen LogP contribution in [-0.4, -0.2) is 45.8 Å². The Morgan fingerprint density at radius 2 is 2.50 bits per heavy atom. The molecule has 0 saturated heterocycles. The number of aryl methyl sites for hydroxylation is 1. The van der Waals surface area contributed by atoms with E-state index in [2.05, 4.69) is 15.6 Å². The minimum Gasteiger partial charge on any atom is -0.468 e. The smallest absolute Gasteiger partial charge is 0.329 e. The Morgan fingerprint density at radius 3 is 3.11 bits per heavy atom. The summed E-state index contributed by atoms with van der Waals surface area (Å²) in [6, 6.07) is -0.179. The molecule has 0 amide bonds. The standard InChI is InChI=1S/C11H18N4O3/c1-18-11(17)10(12-8-3-4-8)9-7-15(14-13-9)5-2-6-16/h7-8,10,12,16H,2-6H2,1H3. The molecule has 7 nitrogen and oxygen atoms in total. The summed E-state index contributed by atoms with van der Waals surface area (Å²) in [5, 5.41) is 19.9. The van der Waals surface area contributed by atoms with E-state index in [1.165, 1.54) is 7.11 Å². The Kier molecular flexibility index (Phi) is 4.27. The molecule has 1 aromatic heterocycles. The van der Waals surface area contributed by atoms with Crippen molar-refractivity contribution in [1.82, 2.24) is 20.3 Å². The van der Waals surface area contributed by atoms with Crippen molar-refractivity contribution in [2.75, 3.05) is 13.7 Å². The minimum atomic E-state index is -0.551. The summed E-state index contributed by atoms with van der Waals surface area (Å²) in [5.74, 6) is -0.351. The summed E-state index contributed by atoms with van der Waals surface area (Å²) in [6.45, 7) is 0.691. The summed E-state index contributed by atoms with van der Waals surface area (Å²) in [6.07, 6.45) is 4.48. The number of methoxy groups -OCH3 is 1. The van der Waals surface area contributed by atoms with Gasteiger partial charge < -0.3 is 9.84 Å². The highest BCUT2D eigenvalue weighted by Crippen LogP contribution is 2.24. The van der Waals surface area contributed by atoms with Crippen molar-refractivity contribution in [3.63, 3.8) is 0 Å². The molecule has 7 heteroatoms. The minimum absolute atomic E-state index is 0.107. The number of aliphatic hydroxyl groups excluding tert-OH is 1. The Bertz CT molecular complexity index is 403. The van der Waals surface area contributed by atoms with Gasteiger partial charge >= 0.3 is 5.97 Å². The molecule has 1 aliphatic rings. The number of rotatable bonds is 7. The lowest BCUT2D eigenvalue weighted by Crippen LogP contribution is -2.31. The van der Waals surface area contributed by atoms with Crippen LogP contribution >= 0.6 is 0 Å². The highest BCUT2D eigenvalue weighted by atomic mass is 16.5. The van der Waals surface area contributed by atoms with Gasteiger partial charge in [-0.15, -0.1) is 5.10 Å². The number of aromatic nitrogens is 3. The van der Waals surface area contributed by atoms with Crippen LogP contribution in [0.2, 0.25) is 0 Å². The predicted octanol–water partition coefficient (Wildman–Crippen LogP) is -0.373. The third-order valence-electron chi connectivity index (χ3n) is 2.81. The second-order valence-electron chi connectivity index (χ2n) is 4.38. The van der Waals surface area contributed by atoms with E-state index in [4.69, 9.17) is 9.84 Å². The van der Waals surface area contributed by atoms with Crippen LogP contribution in [0.15, 0.2) is 6.20 Å². The van der Waals surface area contributed by atoms with Gasteiger partial charge in [-0.2, -0.15) is 0 Å². The highest BCUT2D eigenvalue weighted by Gasteiger charge is 2.31. The van der Waals surface area contributed by atoms with Gasteiger partial charge in [-0.1, -0.05) is 5.21 Å². The van der Waals surface area contributed by atoms with Gasteiger partial charge in [0.15, 0.2) is 6.04 Å². The number of ether oxygens (including phenoxy) is 1. The van der Waals surface area contributed by atoms with E-state index in [0.717, 1.165) is 12.8 Å². The molecule has 2 N–H and O–H groups in total. The van der Waals surface area contributed by atoms with Crippen LogP contribution in [0.3, 0.4) is 0 Å². The van der Waals surface area contributed by atoms with Crippen molar-refractivity contribution >= 4 is 5.97 Å². The molecule has 0 aromatic carbocycles. The molecule has 1 saturated carbocycles. The molecule has 1 aliphatic carbocycles. The number of hydrogen-bond acceptors (Lipinski definition) is 6. The fourth-order valence-corrected chi connectivity index (χ4v) is 1.67. The molecular formula is C11H18N4O3. The number of nitrogens with one attached hydrogen (secondary N) is 1. The average molecular weight is 254 g/mol. The van der Waals surface area contributed by atoms with E-state index in [1.807, 2.05) is 0 Å². The van der Waals surface area contributed by atoms with E-state index in [0.29, 0.717) is 24.7 Å². The molecule has 1 heterocycles. The first-order valence-electron chi connectivity index (χ1n) is 6.09. The molecule has 1 atom stereocenters. The second-order valence-corrected chi connectivity index (χ2v) is 4.38. The van der Waals surface area contributed by atoms with Gasteiger partial charge in [0.25, 0.3) is 0 Å². The van der Waals surface area contributed by atoms with Gasteiger partial charge in [0.05, 0.1) is 13.3 Å². The fourth-order valence-electron chi connectivity index (χ4n) is 1.67. The quantitative estimate of drug-likeness (QED) is 0.645. The largest absolute Gasteiger partial charge is 0.468 e. The van der Waals surface area contributed by atoms with Crippen molar-refractivity contribution in [3.8, 4) is 0 Å². The van der Waals surface area contributed by atoms with E-state index >= 15 is 0 Å². The summed E-state index contributed by atoms with van der Waals surface area (Å²) in [7, 11) is 1.36. The topological polar surface area (TPSA) is 89.3 Å². The Hall–Kier alpha value is -1.47. The first-order chi connectivity index (χ1) is 8.74.